The minimum Gasteiger partial charge on any atom is -0.303 e. The number of rotatable bonds is 2. The van der Waals surface area contributed by atoms with E-state index in [0.717, 1.165) is 5.57 Å². The molecule has 0 saturated heterocycles. The lowest BCUT2D eigenvalue weighted by Gasteiger charge is -2.00. The number of hydrazone groups is 1. The molecule has 0 aromatic heterocycles. The van der Waals surface area contributed by atoms with Crippen molar-refractivity contribution in [3.63, 3.8) is 0 Å². The first-order valence-electron chi connectivity index (χ1n) is 2.49. The smallest absolute Gasteiger partial charge is 0.0493 e. The van der Waals surface area contributed by atoms with Crippen molar-refractivity contribution in [2.24, 2.45) is 5.10 Å². The van der Waals surface area contributed by atoms with Gasteiger partial charge < -0.3 is 5.01 Å². The van der Waals surface area contributed by atoms with Crippen LogP contribution in [0, 0.1) is 0 Å². The van der Waals surface area contributed by atoms with Gasteiger partial charge in [0, 0.05) is 20.3 Å². The van der Waals surface area contributed by atoms with Crippen molar-refractivity contribution in [3.05, 3.63) is 12.2 Å². The summed E-state index contributed by atoms with van der Waals surface area (Å²) in [4.78, 5) is 0. The van der Waals surface area contributed by atoms with Gasteiger partial charge in [0.05, 0.1) is 0 Å². The normalized spacial score (nSPS) is 9.88. The van der Waals surface area contributed by atoms with Crippen molar-refractivity contribution in [2.45, 2.75) is 6.92 Å². The highest BCUT2D eigenvalue weighted by atomic mass is 15.4. The molecule has 0 amide bonds. The lowest BCUT2D eigenvalue weighted by Crippen LogP contribution is -2.01. The van der Waals surface area contributed by atoms with E-state index in [0.29, 0.717) is 0 Å². The van der Waals surface area contributed by atoms with Crippen LogP contribution in [0.5, 0.6) is 0 Å². The Morgan fingerprint density at radius 1 is 1.62 bits per heavy atom. The highest BCUT2D eigenvalue weighted by molar-refractivity contribution is 5.76. The molecule has 0 rings (SSSR count). The second-order valence-corrected chi connectivity index (χ2v) is 1.94. The van der Waals surface area contributed by atoms with E-state index in [9.17, 15) is 0 Å². The monoisotopic (exact) mass is 112 g/mol. The molecule has 0 aromatic carbocycles. The predicted octanol–water partition coefficient (Wildman–Crippen LogP) is 1.11. The Balaban J connectivity index is 3.50. The molecule has 0 aliphatic carbocycles. The highest BCUT2D eigenvalue weighted by Gasteiger charge is 1.75. The lowest BCUT2D eigenvalue weighted by molar-refractivity contribution is 0.440. The molecule has 0 heterocycles. The molecule has 0 unspecified atom stereocenters. The van der Waals surface area contributed by atoms with Crippen molar-refractivity contribution >= 4 is 6.21 Å². The Labute approximate surface area is 50.5 Å². The summed E-state index contributed by atoms with van der Waals surface area (Å²) in [5, 5.41) is 5.66. The first-order chi connectivity index (χ1) is 3.63. The minimum atomic E-state index is 0.971. The van der Waals surface area contributed by atoms with E-state index in [1.807, 2.05) is 21.0 Å². The average molecular weight is 112 g/mol. The first kappa shape index (κ1) is 7.21. The zero-order valence-electron chi connectivity index (χ0n) is 5.68. The zero-order chi connectivity index (χ0) is 6.57. The summed E-state index contributed by atoms with van der Waals surface area (Å²) < 4.78 is 0. The molecule has 0 radical (unpaired) electrons. The van der Waals surface area contributed by atoms with Crippen LogP contribution < -0.4 is 0 Å². The minimum absolute atomic E-state index is 0.971. The van der Waals surface area contributed by atoms with Gasteiger partial charge in [-0.25, -0.2) is 0 Å². The second-order valence-electron chi connectivity index (χ2n) is 1.94. The molecule has 2 nitrogen and oxygen atoms in total. The van der Waals surface area contributed by atoms with E-state index in [4.69, 9.17) is 0 Å². The summed E-state index contributed by atoms with van der Waals surface area (Å²) in [5.41, 5.74) is 0.971. The molecule has 8 heavy (non-hydrogen) atoms. The van der Waals surface area contributed by atoms with Gasteiger partial charge in [0.1, 0.15) is 0 Å². The van der Waals surface area contributed by atoms with Gasteiger partial charge in [0.25, 0.3) is 0 Å². The standard InChI is InChI=1S/C6H12N2/c1-6(2)5-7-8(3)4/h5H,1H2,2-4H3/b7-5+. The van der Waals surface area contributed by atoms with Crippen molar-refractivity contribution in [2.75, 3.05) is 14.1 Å². The molecular weight excluding hydrogens is 100 g/mol. The Morgan fingerprint density at radius 2 is 2.12 bits per heavy atom. The van der Waals surface area contributed by atoms with Crippen LogP contribution in [0.25, 0.3) is 0 Å². The summed E-state index contributed by atoms with van der Waals surface area (Å²) in [7, 11) is 3.75. The first-order valence-corrected chi connectivity index (χ1v) is 2.49. The van der Waals surface area contributed by atoms with E-state index in [1.54, 1.807) is 11.2 Å². The largest absolute Gasteiger partial charge is 0.303 e. The summed E-state index contributed by atoms with van der Waals surface area (Å²) >= 11 is 0. The Morgan fingerprint density at radius 3 is 2.25 bits per heavy atom. The topological polar surface area (TPSA) is 15.6 Å². The second kappa shape index (κ2) is 3.24. The SMILES string of the molecule is C=C(C)/C=N/N(C)C. The number of hydrogen-bond donors (Lipinski definition) is 0. The third-order valence-electron chi connectivity index (χ3n) is 0.509. The van der Waals surface area contributed by atoms with Gasteiger partial charge in [0.15, 0.2) is 0 Å². The number of allylic oxidation sites excluding steroid dienone is 1. The molecule has 0 bridgehead atoms. The Kier molecular flexibility index (Phi) is 2.92. The molecule has 0 spiro atoms. The average Bonchev–Trinajstić information content (AvgIpc) is 1.61. The zero-order valence-corrected chi connectivity index (χ0v) is 5.68. The van der Waals surface area contributed by atoms with Crippen LogP contribution >= 0.6 is 0 Å². The van der Waals surface area contributed by atoms with E-state index < -0.39 is 0 Å². The fourth-order valence-corrected chi connectivity index (χ4v) is 0.214. The summed E-state index contributed by atoms with van der Waals surface area (Å²) in [5.74, 6) is 0. The number of hydrogen-bond acceptors (Lipinski definition) is 2. The van der Waals surface area contributed by atoms with Gasteiger partial charge in [-0.2, -0.15) is 5.10 Å². The van der Waals surface area contributed by atoms with E-state index in [2.05, 4.69) is 11.7 Å². The van der Waals surface area contributed by atoms with Crippen LogP contribution in [-0.4, -0.2) is 25.3 Å². The molecule has 0 aliphatic heterocycles. The third kappa shape index (κ3) is 5.21. The molecule has 46 valence electrons. The van der Waals surface area contributed by atoms with Crippen LogP contribution in [0.4, 0.5) is 0 Å². The maximum atomic E-state index is 3.93. The number of nitrogens with zero attached hydrogens (tertiary/aromatic N) is 2. The molecule has 0 N–H and O–H groups in total. The van der Waals surface area contributed by atoms with Crippen LogP contribution in [0.3, 0.4) is 0 Å². The van der Waals surface area contributed by atoms with Crippen LogP contribution in [0.2, 0.25) is 0 Å². The molecule has 0 aromatic rings. The third-order valence-corrected chi connectivity index (χ3v) is 0.509. The summed E-state index contributed by atoms with van der Waals surface area (Å²) in [6, 6.07) is 0. The Bertz CT molecular complexity index is 103. The fraction of sp³-hybridized carbons (Fsp3) is 0.500. The molecule has 0 fully saturated rings. The Hall–Kier alpha value is -0.790. The maximum Gasteiger partial charge on any atom is 0.0493 e. The van der Waals surface area contributed by atoms with Crippen molar-refractivity contribution in [1.82, 2.24) is 5.01 Å². The summed E-state index contributed by atoms with van der Waals surface area (Å²) in [6.07, 6.45) is 1.72. The van der Waals surface area contributed by atoms with Crippen molar-refractivity contribution in [3.8, 4) is 0 Å². The van der Waals surface area contributed by atoms with E-state index in [1.165, 1.54) is 0 Å². The van der Waals surface area contributed by atoms with Gasteiger partial charge in [0.2, 0.25) is 0 Å². The molecular formula is C6H12N2. The van der Waals surface area contributed by atoms with Gasteiger partial charge in [-0.15, -0.1) is 0 Å². The molecule has 0 saturated carbocycles. The summed E-state index contributed by atoms with van der Waals surface area (Å²) in [6.45, 7) is 5.56. The molecule has 2 heteroatoms. The van der Waals surface area contributed by atoms with Gasteiger partial charge in [-0.05, 0) is 12.5 Å². The van der Waals surface area contributed by atoms with Crippen molar-refractivity contribution in [1.29, 1.82) is 0 Å². The quantitative estimate of drug-likeness (QED) is 0.386. The van der Waals surface area contributed by atoms with Crippen LogP contribution in [0.1, 0.15) is 6.92 Å². The van der Waals surface area contributed by atoms with E-state index in [-0.39, 0.29) is 0 Å². The lowest BCUT2D eigenvalue weighted by atomic mass is 10.4. The van der Waals surface area contributed by atoms with Crippen LogP contribution in [0.15, 0.2) is 17.3 Å². The predicted molar refractivity (Wildman–Crippen MR) is 37.0 cm³/mol. The maximum absolute atomic E-state index is 3.93. The molecule has 0 aliphatic rings. The van der Waals surface area contributed by atoms with Gasteiger partial charge in [-0.1, -0.05) is 6.58 Å². The fourth-order valence-electron chi connectivity index (χ4n) is 0.214. The van der Waals surface area contributed by atoms with E-state index >= 15 is 0 Å². The van der Waals surface area contributed by atoms with Crippen LogP contribution in [-0.2, 0) is 0 Å². The van der Waals surface area contributed by atoms with Crippen molar-refractivity contribution < 1.29 is 0 Å². The molecule has 0 atom stereocenters. The van der Waals surface area contributed by atoms with Gasteiger partial charge in [-0.3, -0.25) is 0 Å². The highest BCUT2D eigenvalue weighted by Crippen LogP contribution is 1.80. The van der Waals surface area contributed by atoms with Gasteiger partial charge >= 0.3 is 0 Å².